The van der Waals surface area contributed by atoms with Crippen LogP contribution in [0.3, 0.4) is 0 Å². The number of nitrogens with one attached hydrogen (secondary N) is 5. The molecule has 4 rings (SSSR count). The molecular formula is C22H31F3N8O. The van der Waals surface area contributed by atoms with E-state index in [9.17, 15) is 18.0 Å². The van der Waals surface area contributed by atoms with Gasteiger partial charge in [0.2, 0.25) is 5.95 Å². The van der Waals surface area contributed by atoms with E-state index < -0.39 is 18.1 Å². The number of anilines is 3. The van der Waals surface area contributed by atoms with Gasteiger partial charge in [-0.1, -0.05) is 6.42 Å². The lowest BCUT2D eigenvalue weighted by atomic mass is 9.85. The lowest BCUT2D eigenvalue weighted by Crippen LogP contribution is -2.49. The maximum atomic E-state index is 13.0. The first-order chi connectivity index (χ1) is 16.2. The number of hydrogen-bond acceptors (Lipinski definition) is 6. The summed E-state index contributed by atoms with van der Waals surface area (Å²) < 4.78 is 39.0. The minimum atomic E-state index is -4.19. The van der Waals surface area contributed by atoms with Gasteiger partial charge in [0, 0.05) is 36.1 Å². The number of nitrogens with zero attached hydrogens (tertiary/aromatic N) is 3. The smallest absolute Gasteiger partial charge is 0.351 e. The molecule has 2 aliphatic rings. The Kier molecular flexibility index (Phi) is 7.42. The van der Waals surface area contributed by atoms with E-state index in [4.69, 9.17) is 0 Å². The van der Waals surface area contributed by atoms with Crippen molar-refractivity contribution in [1.82, 2.24) is 30.8 Å². The summed E-state index contributed by atoms with van der Waals surface area (Å²) in [5.41, 5.74) is 0.943. The average molecular weight is 481 g/mol. The fraction of sp³-hybridized carbons (Fsp3) is 0.636. The average Bonchev–Trinajstić information content (AvgIpc) is 3.19. The van der Waals surface area contributed by atoms with Crippen LogP contribution in [0.4, 0.5) is 35.5 Å². The van der Waals surface area contributed by atoms with E-state index in [-0.39, 0.29) is 31.0 Å². The van der Waals surface area contributed by atoms with Crippen molar-refractivity contribution in [2.24, 2.45) is 5.92 Å². The molecule has 0 aliphatic heterocycles. The molecule has 0 unspecified atom stereocenters. The lowest BCUT2D eigenvalue weighted by molar-refractivity contribution is -0.183. The number of carbonyl (C=O) groups excluding carboxylic acids is 1. The van der Waals surface area contributed by atoms with E-state index in [2.05, 4.69) is 41.4 Å². The molecule has 12 heteroatoms. The van der Waals surface area contributed by atoms with Gasteiger partial charge < -0.3 is 21.3 Å². The van der Waals surface area contributed by atoms with E-state index in [1.165, 1.54) is 0 Å². The van der Waals surface area contributed by atoms with Gasteiger partial charge >= 0.3 is 12.2 Å². The van der Waals surface area contributed by atoms with Gasteiger partial charge in [0.15, 0.2) is 5.82 Å². The van der Waals surface area contributed by atoms with Gasteiger partial charge in [0.1, 0.15) is 5.82 Å². The fourth-order valence-corrected chi connectivity index (χ4v) is 4.71. The predicted molar refractivity (Wildman–Crippen MR) is 122 cm³/mol. The van der Waals surface area contributed by atoms with Crippen LogP contribution < -0.4 is 21.3 Å². The molecule has 2 aromatic rings. The van der Waals surface area contributed by atoms with E-state index in [0.717, 1.165) is 31.4 Å². The molecule has 0 saturated heterocycles. The van der Waals surface area contributed by atoms with Gasteiger partial charge in [-0.05, 0) is 57.9 Å². The minimum Gasteiger partial charge on any atom is -0.351 e. The fourth-order valence-electron chi connectivity index (χ4n) is 4.71. The number of aromatic amines is 1. The summed E-state index contributed by atoms with van der Waals surface area (Å²) in [6.45, 7) is 1.92. The van der Waals surface area contributed by atoms with Crippen molar-refractivity contribution in [2.75, 3.05) is 10.6 Å². The Morgan fingerprint density at radius 3 is 2.47 bits per heavy atom. The molecular weight excluding hydrogens is 449 g/mol. The first-order valence-electron chi connectivity index (χ1n) is 11.8. The summed E-state index contributed by atoms with van der Waals surface area (Å²) >= 11 is 0. The highest BCUT2D eigenvalue weighted by atomic mass is 19.4. The summed E-state index contributed by atoms with van der Waals surface area (Å²) in [4.78, 5) is 21.1. The Labute approximate surface area is 196 Å². The van der Waals surface area contributed by atoms with Crippen molar-refractivity contribution >= 4 is 23.6 Å². The number of H-pyrrole nitrogens is 1. The van der Waals surface area contributed by atoms with Gasteiger partial charge in [0.25, 0.3) is 0 Å². The molecule has 9 nitrogen and oxygen atoms in total. The van der Waals surface area contributed by atoms with Gasteiger partial charge in [-0.15, -0.1) is 0 Å². The molecule has 0 spiro atoms. The van der Waals surface area contributed by atoms with Crippen LogP contribution >= 0.6 is 0 Å². The number of amides is 2. The first-order valence-corrected chi connectivity index (χ1v) is 11.8. The quantitative estimate of drug-likeness (QED) is 0.418. The highest BCUT2D eigenvalue weighted by molar-refractivity contribution is 5.74. The summed E-state index contributed by atoms with van der Waals surface area (Å²) in [5.74, 6) is 0.496. The van der Waals surface area contributed by atoms with Crippen molar-refractivity contribution in [3.8, 4) is 0 Å². The number of carbonyl (C=O) groups is 1. The third kappa shape index (κ3) is 6.73. The van der Waals surface area contributed by atoms with Crippen LogP contribution in [0, 0.1) is 12.8 Å². The molecule has 34 heavy (non-hydrogen) atoms. The van der Waals surface area contributed by atoms with Crippen molar-refractivity contribution in [1.29, 1.82) is 0 Å². The molecule has 2 aliphatic carbocycles. The number of aryl methyl sites for hydroxylation is 1. The molecule has 2 fully saturated rings. The second-order valence-corrected chi connectivity index (χ2v) is 9.24. The van der Waals surface area contributed by atoms with E-state index in [1.54, 1.807) is 12.3 Å². The molecule has 0 bridgehead atoms. The second-order valence-electron chi connectivity index (χ2n) is 9.24. The number of aromatic nitrogens is 4. The van der Waals surface area contributed by atoms with Gasteiger partial charge in [0.05, 0.1) is 5.92 Å². The zero-order chi connectivity index (χ0) is 24.1. The van der Waals surface area contributed by atoms with Crippen LogP contribution in [-0.4, -0.2) is 50.5 Å². The minimum absolute atomic E-state index is 0.00289. The summed E-state index contributed by atoms with van der Waals surface area (Å²) in [7, 11) is 0. The highest BCUT2D eigenvalue weighted by Crippen LogP contribution is 2.37. The third-order valence-corrected chi connectivity index (χ3v) is 6.49. The number of rotatable bonds is 6. The number of alkyl halides is 3. The Morgan fingerprint density at radius 1 is 1.03 bits per heavy atom. The van der Waals surface area contributed by atoms with Crippen molar-refractivity contribution < 1.29 is 18.0 Å². The molecule has 2 heterocycles. The SMILES string of the molecule is Cc1cc(Nc2ccnc(NC3CCC(NC(=O)N[C@@H]4CCC[C@H](C(F)(F)F)C4)CC3)n2)n[nH]1. The molecule has 2 saturated carbocycles. The standard InChI is InChI=1S/C22H31F3N8O/c1-13-11-19(33-32-13)30-18-9-10-26-20(31-18)27-15-5-7-16(8-6-15)28-21(34)29-17-4-2-3-14(12-17)22(23,24)25/h9-11,14-17H,2-8,12H2,1H3,(H2,28,29,34)(H3,26,27,30,31,32,33)/t14-,15?,16?,17+/m0/s1. The van der Waals surface area contributed by atoms with E-state index in [0.29, 0.717) is 30.4 Å². The van der Waals surface area contributed by atoms with Crippen LogP contribution in [0.15, 0.2) is 18.3 Å². The predicted octanol–water partition coefficient (Wildman–Crippen LogP) is 4.40. The van der Waals surface area contributed by atoms with Crippen molar-refractivity contribution in [3.63, 3.8) is 0 Å². The van der Waals surface area contributed by atoms with Crippen molar-refractivity contribution in [2.45, 2.75) is 82.6 Å². The van der Waals surface area contributed by atoms with Crippen LogP contribution in [0.5, 0.6) is 0 Å². The number of halogens is 3. The number of hydrogen-bond donors (Lipinski definition) is 5. The molecule has 0 radical (unpaired) electrons. The second kappa shape index (κ2) is 10.5. The maximum Gasteiger partial charge on any atom is 0.391 e. The van der Waals surface area contributed by atoms with Crippen LogP contribution in [0.25, 0.3) is 0 Å². The molecule has 0 aromatic carbocycles. The van der Waals surface area contributed by atoms with Crippen molar-refractivity contribution in [3.05, 3.63) is 24.0 Å². The van der Waals surface area contributed by atoms with Gasteiger partial charge in [-0.2, -0.15) is 23.3 Å². The Bertz CT molecular complexity index is 958. The Balaban J connectivity index is 1.19. The normalized spacial score (nSPS) is 25.4. The Hall–Kier alpha value is -3.05. The van der Waals surface area contributed by atoms with Crippen LogP contribution in [0.1, 0.15) is 57.1 Å². The van der Waals surface area contributed by atoms with Gasteiger partial charge in [-0.25, -0.2) is 9.78 Å². The summed E-state index contributed by atoms with van der Waals surface area (Å²) in [5, 5.41) is 19.1. The highest BCUT2D eigenvalue weighted by Gasteiger charge is 2.42. The monoisotopic (exact) mass is 480 g/mol. The topological polar surface area (TPSA) is 120 Å². The molecule has 2 atom stereocenters. The zero-order valence-corrected chi connectivity index (χ0v) is 19.1. The van der Waals surface area contributed by atoms with E-state index in [1.807, 2.05) is 13.0 Å². The van der Waals surface area contributed by atoms with Crippen LogP contribution in [0.2, 0.25) is 0 Å². The third-order valence-electron chi connectivity index (χ3n) is 6.49. The van der Waals surface area contributed by atoms with E-state index >= 15 is 0 Å². The zero-order valence-electron chi connectivity index (χ0n) is 19.1. The first kappa shape index (κ1) is 24.1. The molecule has 186 valence electrons. The lowest BCUT2D eigenvalue weighted by Gasteiger charge is -2.33. The number of urea groups is 1. The maximum absolute atomic E-state index is 13.0. The molecule has 2 amide bonds. The van der Waals surface area contributed by atoms with Gasteiger partial charge in [-0.3, -0.25) is 5.10 Å². The summed E-state index contributed by atoms with van der Waals surface area (Å²) in [6.07, 6.45) is 1.83. The molecule has 5 N–H and O–H groups in total. The Morgan fingerprint density at radius 2 is 1.76 bits per heavy atom. The molecule has 2 aromatic heterocycles. The van der Waals surface area contributed by atoms with Crippen LogP contribution in [-0.2, 0) is 0 Å². The summed E-state index contributed by atoms with van der Waals surface area (Å²) in [6, 6.07) is 3.01. The largest absolute Gasteiger partial charge is 0.391 e.